The van der Waals surface area contributed by atoms with Crippen LogP contribution in [0.3, 0.4) is 0 Å². The van der Waals surface area contributed by atoms with Crippen molar-refractivity contribution >= 4 is 33.9 Å². The van der Waals surface area contributed by atoms with Gasteiger partial charge in [0.05, 0.1) is 23.4 Å². The Morgan fingerprint density at radius 1 is 1.29 bits per heavy atom. The van der Waals surface area contributed by atoms with Gasteiger partial charge in [0, 0.05) is 5.39 Å². The molecule has 1 atom stereocenters. The van der Waals surface area contributed by atoms with Crippen LogP contribution >= 0.6 is 12.2 Å². The molecule has 2 heterocycles. The number of rotatable bonds is 4. The van der Waals surface area contributed by atoms with E-state index in [0.717, 1.165) is 22.2 Å². The number of thiocarbonyl (C=S) groups is 1. The molecule has 4 nitrogen and oxygen atoms in total. The van der Waals surface area contributed by atoms with Crippen LogP contribution in [0.1, 0.15) is 24.3 Å². The SMILES string of the molecule is CC(Nc1nc2ccccc2cc1C(N)=S)c1ccco1. The van der Waals surface area contributed by atoms with Gasteiger partial charge < -0.3 is 15.5 Å². The molecule has 0 amide bonds. The highest BCUT2D eigenvalue weighted by atomic mass is 32.1. The summed E-state index contributed by atoms with van der Waals surface area (Å²) in [7, 11) is 0. The lowest BCUT2D eigenvalue weighted by molar-refractivity contribution is 0.490. The van der Waals surface area contributed by atoms with E-state index in [1.807, 2.05) is 49.4 Å². The molecule has 3 rings (SSSR count). The predicted octanol–water partition coefficient (Wildman–Crippen LogP) is 3.64. The molecule has 1 aromatic carbocycles. The largest absolute Gasteiger partial charge is 0.467 e. The molecular formula is C16H15N3OS. The van der Waals surface area contributed by atoms with E-state index >= 15 is 0 Å². The van der Waals surface area contributed by atoms with Gasteiger partial charge >= 0.3 is 0 Å². The first-order chi connectivity index (χ1) is 10.1. The highest BCUT2D eigenvalue weighted by molar-refractivity contribution is 7.80. The van der Waals surface area contributed by atoms with E-state index in [2.05, 4.69) is 10.3 Å². The number of fused-ring (bicyclic) bond motifs is 1. The van der Waals surface area contributed by atoms with Gasteiger partial charge in [0.2, 0.25) is 0 Å². The maximum Gasteiger partial charge on any atom is 0.137 e. The minimum atomic E-state index is -0.0261. The Balaban J connectivity index is 2.03. The lowest BCUT2D eigenvalue weighted by Gasteiger charge is -2.16. The number of anilines is 1. The number of aromatic nitrogens is 1. The van der Waals surface area contributed by atoms with Crippen molar-refractivity contribution in [1.82, 2.24) is 4.98 Å². The van der Waals surface area contributed by atoms with Crippen LogP contribution in [-0.4, -0.2) is 9.97 Å². The topological polar surface area (TPSA) is 64.1 Å². The monoisotopic (exact) mass is 297 g/mol. The van der Waals surface area contributed by atoms with Crippen LogP contribution in [0.15, 0.2) is 53.1 Å². The number of pyridine rings is 1. The highest BCUT2D eigenvalue weighted by Gasteiger charge is 2.14. The van der Waals surface area contributed by atoms with Gasteiger partial charge in [-0.05, 0) is 31.2 Å². The fraction of sp³-hybridized carbons (Fsp3) is 0.125. The average Bonchev–Trinajstić information content (AvgIpc) is 3.00. The fourth-order valence-corrected chi connectivity index (χ4v) is 2.38. The molecule has 5 heteroatoms. The van der Waals surface area contributed by atoms with Crippen LogP contribution in [0.5, 0.6) is 0 Å². The summed E-state index contributed by atoms with van der Waals surface area (Å²) in [5, 5.41) is 4.32. The lowest BCUT2D eigenvalue weighted by Crippen LogP contribution is -2.16. The predicted molar refractivity (Wildman–Crippen MR) is 88.4 cm³/mol. The Bertz CT molecular complexity index is 783. The van der Waals surface area contributed by atoms with Crippen molar-refractivity contribution in [3.05, 3.63) is 60.1 Å². The third kappa shape index (κ3) is 2.73. The second-order valence-electron chi connectivity index (χ2n) is 4.82. The second kappa shape index (κ2) is 5.54. The van der Waals surface area contributed by atoms with Crippen LogP contribution in [0.25, 0.3) is 10.9 Å². The van der Waals surface area contributed by atoms with Crippen molar-refractivity contribution in [3.8, 4) is 0 Å². The molecule has 0 saturated heterocycles. The number of para-hydroxylation sites is 1. The van der Waals surface area contributed by atoms with Crippen LogP contribution in [0.2, 0.25) is 0 Å². The molecule has 3 N–H and O–H groups in total. The van der Waals surface area contributed by atoms with Crippen LogP contribution in [-0.2, 0) is 0 Å². The number of nitrogens with zero attached hydrogens (tertiary/aromatic N) is 1. The first-order valence-electron chi connectivity index (χ1n) is 6.64. The Labute approximate surface area is 128 Å². The van der Waals surface area contributed by atoms with E-state index in [-0.39, 0.29) is 6.04 Å². The van der Waals surface area contributed by atoms with Gasteiger partial charge in [-0.15, -0.1) is 0 Å². The fourth-order valence-electron chi connectivity index (χ4n) is 2.23. The standard InChI is InChI=1S/C16H15N3OS/c1-10(14-7-4-8-20-14)18-16-12(15(17)21)9-11-5-2-3-6-13(11)19-16/h2-10H,1H3,(H2,17,21)(H,18,19). The summed E-state index contributed by atoms with van der Waals surface area (Å²) in [6.07, 6.45) is 1.65. The maximum atomic E-state index is 5.83. The Hall–Kier alpha value is -2.40. The van der Waals surface area contributed by atoms with Crippen LogP contribution < -0.4 is 11.1 Å². The van der Waals surface area contributed by atoms with Gasteiger partial charge in [-0.1, -0.05) is 30.4 Å². The molecule has 1 unspecified atom stereocenters. The van der Waals surface area contributed by atoms with Crippen molar-refractivity contribution < 1.29 is 4.42 Å². The van der Waals surface area contributed by atoms with E-state index in [1.54, 1.807) is 6.26 Å². The Morgan fingerprint density at radius 3 is 2.81 bits per heavy atom. The molecule has 0 saturated carbocycles. The van der Waals surface area contributed by atoms with E-state index < -0.39 is 0 Å². The molecule has 0 fully saturated rings. The minimum Gasteiger partial charge on any atom is -0.467 e. The normalized spacial score (nSPS) is 12.2. The minimum absolute atomic E-state index is 0.0261. The zero-order valence-corrected chi connectivity index (χ0v) is 12.4. The molecule has 0 aliphatic rings. The molecule has 21 heavy (non-hydrogen) atoms. The molecule has 0 aliphatic heterocycles. The summed E-state index contributed by atoms with van der Waals surface area (Å²) in [6, 6.07) is 13.6. The van der Waals surface area contributed by atoms with Crippen LogP contribution in [0, 0.1) is 0 Å². The van der Waals surface area contributed by atoms with E-state index in [1.165, 1.54) is 0 Å². The average molecular weight is 297 g/mol. The molecule has 0 radical (unpaired) electrons. The molecule has 3 aromatic rings. The summed E-state index contributed by atoms with van der Waals surface area (Å²) < 4.78 is 5.40. The highest BCUT2D eigenvalue weighted by Crippen LogP contribution is 2.24. The molecular weight excluding hydrogens is 282 g/mol. The smallest absolute Gasteiger partial charge is 0.137 e. The quantitative estimate of drug-likeness (QED) is 0.720. The maximum absolute atomic E-state index is 5.83. The lowest BCUT2D eigenvalue weighted by atomic mass is 10.1. The van der Waals surface area contributed by atoms with Crippen molar-refractivity contribution in [1.29, 1.82) is 0 Å². The summed E-state index contributed by atoms with van der Waals surface area (Å²) in [6.45, 7) is 2.00. The van der Waals surface area contributed by atoms with E-state index in [4.69, 9.17) is 22.4 Å². The summed E-state index contributed by atoms with van der Waals surface area (Å²) in [4.78, 5) is 4.95. The first kappa shape index (κ1) is 13.6. The second-order valence-corrected chi connectivity index (χ2v) is 5.26. The van der Waals surface area contributed by atoms with Gasteiger partial charge in [-0.25, -0.2) is 4.98 Å². The van der Waals surface area contributed by atoms with Gasteiger partial charge in [0.1, 0.15) is 16.6 Å². The summed E-state index contributed by atoms with van der Waals surface area (Å²) in [5.74, 6) is 1.50. The first-order valence-corrected chi connectivity index (χ1v) is 7.05. The van der Waals surface area contributed by atoms with E-state index in [0.29, 0.717) is 10.8 Å². The van der Waals surface area contributed by atoms with Gasteiger partial charge in [0.25, 0.3) is 0 Å². The van der Waals surface area contributed by atoms with Crippen molar-refractivity contribution in [2.75, 3.05) is 5.32 Å². The molecule has 106 valence electrons. The number of benzene rings is 1. The van der Waals surface area contributed by atoms with Crippen molar-refractivity contribution in [2.24, 2.45) is 5.73 Å². The number of hydrogen-bond donors (Lipinski definition) is 2. The van der Waals surface area contributed by atoms with Crippen molar-refractivity contribution in [3.63, 3.8) is 0 Å². The summed E-state index contributed by atoms with van der Waals surface area (Å²) >= 11 is 5.14. The zero-order valence-electron chi connectivity index (χ0n) is 11.5. The zero-order chi connectivity index (χ0) is 14.8. The summed E-state index contributed by atoms with van der Waals surface area (Å²) in [5.41, 5.74) is 7.46. The Kier molecular flexibility index (Phi) is 3.58. The number of nitrogens with one attached hydrogen (secondary N) is 1. The van der Waals surface area contributed by atoms with Gasteiger partial charge in [0.15, 0.2) is 0 Å². The molecule has 0 bridgehead atoms. The van der Waals surface area contributed by atoms with Gasteiger partial charge in [-0.3, -0.25) is 0 Å². The number of hydrogen-bond acceptors (Lipinski definition) is 4. The number of furan rings is 1. The third-order valence-corrected chi connectivity index (χ3v) is 3.53. The molecule has 2 aromatic heterocycles. The molecule has 0 aliphatic carbocycles. The van der Waals surface area contributed by atoms with Gasteiger partial charge in [-0.2, -0.15) is 0 Å². The van der Waals surface area contributed by atoms with E-state index in [9.17, 15) is 0 Å². The van der Waals surface area contributed by atoms with Crippen molar-refractivity contribution in [2.45, 2.75) is 13.0 Å². The van der Waals surface area contributed by atoms with Crippen LogP contribution in [0.4, 0.5) is 5.82 Å². The third-order valence-electron chi connectivity index (χ3n) is 3.31. The Morgan fingerprint density at radius 2 is 2.10 bits per heavy atom. The molecule has 0 spiro atoms. The number of nitrogens with two attached hydrogens (primary N) is 1.